The number of benzene rings is 1. The number of nitrogens with one attached hydrogen (secondary N) is 2. The lowest BCUT2D eigenvalue weighted by Crippen LogP contribution is -3.14. The number of nitrogens with zero attached hydrogens (tertiary/aromatic N) is 1. The van der Waals surface area contributed by atoms with Gasteiger partial charge in [0.25, 0.3) is 5.91 Å². The summed E-state index contributed by atoms with van der Waals surface area (Å²) in [5.41, 5.74) is 0.658. The van der Waals surface area contributed by atoms with Crippen LogP contribution in [0.5, 0.6) is 0 Å². The molecule has 0 unspecified atom stereocenters. The first-order valence-electron chi connectivity index (χ1n) is 7.28. The Hall–Kier alpha value is -1.92. The van der Waals surface area contributed by atoms with Crippen LogP contribution in [0.2, 0.25) is 0 Å². The summed E-state index contributed by atoms with van der Waals surface area (Å²) in [6, 6.07) is 8.94. The predicted molar refractivity (Wildman–Crippen MR) is 78.8 cm³/mol. The molecular weight excluding hydrogens is 270 g/mol. The average Bonchev–Trinajstić information content (AvgIpc) is 2.54. The Kier molecular flexibility index (Phi) is 6.18. The van der Waals surface area contributed by atoms with Crippen molar-refractivity contribution in [1.82, 2.24) is 5.32 Å². The second-order valence-corrected chi connectivity index (χ2v) is 5.04. The van der Waals surface area contributed by atoms with E-state index in [1.54, 1.807) is 24.3 Å². The summed E-state index contributed by atoms with van der Waals surface area (Å²) in [7, 11) is 0. The monoisotopic (exact) mass is 292 g/mol. The molecule has 0 radical (unpaired) electrons. The molecule has 1 amide bonds. The van der Waals surface area contributed by atoms with Crippen molar-refractivity contribution >= 4 is 11.6 Å². The summed E-state index contributed by atoms with van der Waals surface area (Å²) in [6.45, 7) is 5.28. The topological polar surface area (TPSA) is 75.4 Å². The van der Waals surface area contributed by atoms with E-state index in [1.807, 2.05) is 6.07 Å². The quantitative estimate of drug-likeness (QED) is 0.280. The van der Waals surface area contributed by atoms with E-state index in [2.05, 4.69) is 10.5 Å². The van der Waals surface area contributed by atoms with E-state index >= 15 is 0 Å². The number of amides is 1. The highest BCUT2D eigenvalue weighted by molar-refractivity contribution is 6.45. The minimum atomic E-state index is -0.347. The smallest absolute Gasteiger partial charge is 0.273 e. The van der Waals surface area contributed by atoms with Gasteiger partial charge in [-0.1, -0.05) is 35.5 Å². The number of hydrogen-bond donors (Lipinski definition) is 3. The lowest BCUT2D eigenvalue weighted by atomic mass is 10.1. The highest BCUT2D eigenvalue weighted by Crippen LogP contribution is 2.01. The lowest BCUT2D eigenvalue weighted by molar-refractivity contribution is -0.908. The van der Waals surface area contributed by atoms with Crippen LogP contribution in [0.15, 0.2) is 35.5 Å². The molecule has 1 aromatic carbocycles. The molecule has 0 spiro atoms. The number of rotatable bonds is 6. The van der Waals surface area contributed by atoms with Crippen molar-refractivity contribution in [2.24, 2.45) is 5.16 Å². The Bertz CT molecular complexity index is 470. The van der Waals surface area contributed by atoms with Gasteiger partial charge in [0.15, 0.2) is 5.71 Å². The summed E-state index contributed by atoms with van der Waals surface area (Å²) in [4.78, 5) is 13.5. The minimum absolute atomic E-state index is 0.0503. The number of ether oxygens (including phenoxy) is 1. The largest absolute Gasteiger partial charge is 0.410 e. The zero-order chi connectivity index (χ0) is 14.9. The summed E-state index contributed by atoms with van der Waals surface area (Å²) in [5.74, 6) is -0.347. The van der Waals surface area contributed by atoms with E-state index in [0.29, 0.717) is 12.1 Å². The molecule has 21 heavy (non-hydrogen) atoms. The van der Waals surface area contributed by atoms with Crippen LogP contribution in [-0.2, 0) is 9.53 Å². The van der Waals surface area contributed by atoms with Crippen molar-refractivity contribution in [3.05, 3.63) is 35.9 Å². The first kappa shape index (κ1) is 15.5. The molecule has 1 heterocycles. The van der Waals surface area contributed by atoms with Crippen LogP contribution in [0.25, 0.3) is 0 Å². The standard InChI is InChI=1S/C15H21N3O3/c19-15(14(17-20)13-5-2-1-3-6-13)16-7-4-8-18-9-11-21-12-10-18/h1-3,5-6,20H,4,7-12H2,(H,16,19)/p+1/b17-14+. The van der Waals surface area contributed by atoms with Gasteiger partial charge < -0.3 is 20.2 Å². The molecule has 114 valence electrons. The Morgan fingerprint density at radius 2 is 2.00 bits per heavy atom. The van der Waals surface area contributed by atoms with Gasteiger partial charge in [-0.05, 0) is 0 Å². The van der Waals surface area contributed by atoms with Gasteiger partial charge >= 0.3 is 0 Å². The molecule has 6 nitrogen and oxygen atoms in total. The van der Waals surface area contributed by atoms with Gasteiger partial charge in [0.2, 0.25) is 0 Å². The summed E-state index contributed by atoms with van der Waals surface area (Å²) in [5, 5.41) is 14.9. The molecule has 0 aliphatic carbocycles. The van der Waals surface area contributed by atoms with Crippen LogP contribution in [-0.4, -0.2) is 56.2 Å². The summed E-state index contributed by atoms with van der Waals surface area (Å²) >= 11 is 0. The molecule has 2 rings (SSSR count). The molecule has 1 aliphatic rings. The van der Waals surface area contributed by atoms with Gasteiger partial charge in [0.1, 0.15) is 13.1 Å². The van der Waals surface area contributed by atoms with Crippen LogP contribution in [0.3, 0.4) is 0 Å². The second kappa shape index (κ2) is 8.39. The first-order valence-corrected chi connectivity index (χ1v) is 7.28. The molecule has 0 bridgehead atoms. The van der Waals surface area contributed by atoms with Crippen LogP contribution in [0, 0.1) is 0 Å². The van der Waals surface area contributed by atoms with E-state index in [-0.39, 0.29) is 11.6 Å². The number of hydrogen-bond acceptors (Lipinski definition) is 4. The number of carbonyl (C=O) groups excluding carboxylic acids is 1. The summed E-state index contributed by atoms with van der Waals surface area (Å²) in [6.07, 6.45) is 0.897. The number of oxime groups is 1. The Balaban J connectivity index is 1.73. The van der Waals surface area contributed by atoms with Gasteiger partial charge in [-0.3, -0.25) is 4.79 Å². The van der Waals surface area contributed by atoms with E-state index in [0.717, 1.165) is 39.3 Å². The average molecular weight is 292 g/mol. The minimum Gasteiger partial charge on any atom is -0.410 e. The van der Waals surface area contributed by atoms with Crippen molar-refractivity contribution in [1.29, 1.82) is 0 Å². The first-order chi connectivity index (χ1) is 10.3. The van der Waals surface area contributed by atoms with Crippen LogP contribution in [0.4, 0.5) is 0 Å². The molecular formula is C15H22N3O3+. The number of morpholine rings is 1. The Labute approximate surface area is 124 Å². The van der Waals surface area contributed by atoms with Gasteiger partial charge in [0.05, 0.1) is 19.8 Å². The molecule has 6 heteroatoms. The fourth-order valence-electron chi connectivity index (χ4n) is 2.36. The molecule has 0 aromatic heterocycles. The van der Waals surface area contributed by atoms with E-state index in [9.17, 15) is 4.79 Å². The maximum Gasteiger partial charge on any atom is 0.273 e. The third-order valence-electron chi connectivity index (χ3n) is 3.55. The molecule has 1 fully saturated rings. The molecule has 1 aromatic rings. The van der Waals surface area contributed by atoms with E-state index in [1.165, 1.54) is 4.90 Å². The SMILES string of the molecule is O=C(NCCC[NH+]1CCOCC1)/C(=N/O)c1ccccc1. The Morgan fingerprint density at radius 3 is 2.67 bits per heavy atom. The van der Waals surface area contributed by atoms with Crippen molar-refractivity contribution in [3.8, 4) is 0 Å². The molecule has 1 saturated heterocycles. The molecule has 0 atom stereocenters. The second-order valence-electron chi connectivity index (χ2n) is 5.04. The van der Waals surface area contributed by atoms with Crippen molar-refractivity contribution < 1.29 is 19.6 Å². The van der Waals surface area contributed by atoms with Crippen LogP contribution < -0.4 is 10.2 Å². The van der Waals surface area contributed by atoms with Crippen LogP contribution in [0.1, 0.15) is 12.0 Å². The van der Waals surface area contributed by atoms with Gasteiger partial charge in [-0.2, -0.15) is 0 Å². The van der Waals surface area contributed by atoms with Crippen molar-refractivity contribution in [2.75, 3.05) is 39.4 Å². The summed E-state index contributed by atoms with van der Waals surface area (Å²) < 4.78 is 5.31. The fraction of sp³-hybridized carbons (Fsp3) is 0.467. The zero-order valence-corrected chi connectivity index (χ0v) is 12.0. The number of carbonyl (C=O) groups is 1. The zero-order valence-electron chi connectivity index (χ0n) is 12.0. The predicted octanol–water partition coefficient (Wildman–Crippen LogP) is -0.714. The Morgan fingerprint density at radius 1 is 1.29 bits per heavy atom. The molecule has 1 aliphatic heterocycles. The van der Waals surface area contributed by atoms with Crippen LogP contribution >= 0.6 is 0 Å². The maximum atomic E-state index is 12.0. The third-order valence-corrected chi connectivity index (χ3v) is 3.55. The highest BCUT2D eigenvalue weighted by Gasteiger charge is 2.15. The third kappa shape index (κ3) is 4.84. The normalized spacial score (nSPS) is 16.7. The number of quaternary nitrogens is 1. The van der Waals surface area contributed by atoms with Crippen molar-refractivity contribution in [2.45, 2.75) is 6.42 Å². The van der Waals surface area contributed by atoms with E-state index in [4.69, 9.17) is 9.94 Å². The van der Waals surface area contributed by atoms with Gasteiger partial charge in [0, 0.05) is 18.5 Å². The lowest BCUT2D eigenvalue weighted by Gasteiger charge is -2.23. The maximum absolute atomic E-state index is 12.0. The van der Waals surface area contributed by atoms with Crippen molar-refractivity contribution in [3.63, 3.8) is 0 Å². The van der Waals surface area contributed by atoms with Gasteiger partial charge in [-0.15, -0.1) is 0 Å². The molecule has 3 N–H and O–H groups in total. The van der Waals surface area contributed by atoms with E-state index < -0.39 is 0 Å². The molecule has 0 saturated carbocycles. The highest BCUT2D eigenvalue weighted by atomic mass is 16.5. The fourth-order valence-corrected chi connectivity index (χ4v) is 2.36. The van der Waals surface area contributed by atoms with Gasteiger partial charge in [-0.25, -0.2) is 0 Å².